The third kappa shape index (κ3) is 5.51. The van der Waals surface area contributed by atoms with Crippen molar-refractivity contribution in [1.29, 1.82) is 0 Å². The van der Waals surface area contributed by atoms with Crippen LogP contribution in [0, 0.1) is 5.92 Å². The van der Waals surface area contributed by atoms with E-state index in [1.165, 1.54) is 0 Å². The lowest BCUT2D eigenvalue weighted by atomic mass is 9.98. The van der Waals surface area contributed by atoms with E-state index < -0.39 is 16.4 Å². The van der Waals surface area contributed by atoms with Gasteiger partial charge in [0.05, 0.1) is 13.2 Å². The Kier molecular flexibility index (Phi) is 6.28. The van der Waals surface area contributed by atoms with E-state index >= 15 is 0 Å². The number of aryl methyl sites for hydroxylation is 1. The SMILES string of the molecule is C=C(C)C(=O)Oc1ccc(-c2ccc(CCC3COS(=O)(=O)OC3)cc2)cc1. The quantitative estimate of drug-likeness (QED) is 0.417. The number of esters is 1. The Morgan fingerprint density at radius 3 is 2.11 bits per heavy atom. The summed E-state index contributed by atoms with van der Waals surface area (Å²) in [6.45, 7) is 5.50. The fourth-order valence-electron chi connectivity index (χ4n) is 2.75. The zero-order valence-electron chi connectivity index (χ0n) is 15.6. The minimum Gasteiger partial charge on any atom is -0.423 e. The van der Waals surface area contributed by atoms with Crippen LogP contribution in [0.15, 0.2) is 60.7 Å². The molecule has 1 saturated heterocycles. The van der Waals surface area contributed by atoms with E-state index in [2.05, 4.69) is 6.58 Å². The first-order chi connectivity index (χ1) is 13.3. The molecule has 3 rings (SSSR count). The van der Waals surface area contributed by atoms with Crippen LogP contribution in [0.3, 0.4) is 0 Å². The van der Waals surface area contributed by atoms with Gasteiger partial charge >= 0.3 is 16.4 Å². The molecule has 148 valence electrons. The number of carbonyl (C=O) groups excluding carboxylic acids is 1. The van der Waals surface area contributed by atoms with Crippen LogP contribution in [-0.2, 0) is 30.0 Å². The van der Waals surface area contributed by atoms with Gasteiger partial charge in [-0.2, -0.15) is 8.42 Å². The molecule has 1 fully saturated rings. The van der Waals surface area contributed by atoms with Gasteiger partial charge < -0.3 is 4.74 Å². The summed E-state index contributed by atoms with van der Waals surface area (Å²) in [4.78, 5) is 11.5. The van der Waals surface area contributed by atoms with E-state index in [1.54, 1.807) is 19.1 Å². The van der Waals surface area contributed by atoms with E-state index in [0.29, 0.717) is 11.3 Å². The van der Waals surface area contributed by atoms with Crippen molar-refractivity contribution < 1.29 is 26.3 Å². The van der Waals surface area contributed by atoms with Crippen molar-refractivity contribution in [2.75, 3.05) is 13.2 Å². The number of benzene rings is 2. The summed E-state index contributed by atoms with van der Waals surface area (Å²) in [5.41, 5.74) is 3.58. The molecule has 1 heterocycles. The molecular formula is C21H22O6S. The van der Waals surface area contributed by atoms with E-state index in [-0.39, 0.29) is 19.1 Å². The largest absolute Gasteiger partial charge is 0.423 e. The second-order valence-electron chi connectivity index (χ2n) is 6.77. The van der Waals surface area contributed by atoms with Crippen LogP contribution < -0.4 is 4.74 Å². The van der Waals surface area contributed by atoms with Gasteiger partial charge in [0.15, 0.2) is 0 Å². The molecule has 2 aromatic carbocycles. The first-order valence-corrected chi connectivity index (χ1v) is 10.3. The van der Waals surface area contributed by atoms with Crippen molar-refractivity contribution in [3.63, 3.8) is 0 Å². The lowest BCUT2D eigenvalue weighted by molar-refractivity contribution is -0.130. The van der Waals surface area contributed by atoms with Crippen LogP contribution in [0.2, 0.25) is 0 Å². The lowest BCUT2D eigenvalue weighted by Gasteiger charge is -2.21. The standard InChI is InChI=1S/C21H22O6S/c1-15(2)21(22)27-20-11-9-19(10-12-20)18-7-5-16(6-8-18)3-4-17-13-25-28(23,24)26-14-17/h5-12,17H,1,3-4,13-14H2,2H3. The Bertz CT molecular complexity index is 931. The minimum atomic E-state index is -3.78. The third-order valence-electron chi connectivity index (χ3n) is 4.44. The average molecular weight is 402 g/mol. The molecule has 0 radical (unpaired) electrons. The second kappa shape index (κ2) is 8.68. The fraction of sp³-hybridized carbons (Fsp3) is 0.286. The Balaban J connectivity index is 1.55. The van der Waals surface area contributed by atoms with Crippen molar-refractivity contribution in [2.45, 2.75) is 19.8 Å². The maximum absolute atomic E-state index is 11.5. The minimum absolute atomic E-state index is 0.0673. The molecule has 7 heteroatoms. The molecule has 0 atom stereocenters. The van der Waals surface area contributed by atoms with Gasteiger partial charge in [0, 0.05) is 11.5 Å². The number of hydrogen-bond acceptors (Lipinski definition) is 6. The van der Waals surface area contributed by atoms with Gasteiger partial charge in [-0.25, -0.2) is 13.2 Å². The molecule has 0 unspecified atom stereocenters. The fourth-order valence-corrected chi connectivity index (χ4v) is 3.54. The summed E-state index contributed by atoms with van der Waals surface area (Å²) in [7, 11) is -3.78. The highest BCUT2D eigenvalue weighted by Gasteiger charge is 2.24. The predicted molar refractivity (Wildman–Crippen MR) is 105 cm³/mol. The van der Waals surface area contributed by atoms with E-state index in [1.807, 2.05) is 36.4 Å². The zero-order chi connectivity index (χ0) is 20.1. The van der Waals surface area contributed by atoms with Gasteiger partial charge in [0.1, 0.15) is 5.75 Å². The summed E-state index contributed by atoms with van der Waals surface area (Å²) in [6, 6.07) is 15.4. The second-order valence-corrected chi connectivity index (χ2v) is 8.06. The molecule has 1 aliphatic heterocycles. The molecule has 0 saturated carbocycles. The van der Waals surface area contributed by atoms with Gasteiger partial charge in [-0.1, -0.05) is 43.0 Å². The molecule has 2 aromatic rings. The monoisotopic (exact) mass is 402 g/mol. The lowest BCUT2D eigenvalue weighted by Crippen LogP contribution is -2.28. The Labute approximate surface area is 165 Å². The topological polar surface area (TPSA) is 78.9 Å². The molecule has 0 aromatic heterocycles. The van der Waals surface area contributed by atoms with Crippen LogP contribution in [0.1, 0.15) is 18.9 Å². The van der Waals surface area contributed by atoms with E-state index in [4.69, 9.17) is 13.1 Å². The number of carbonyl (C=O) groups is 1. The van der Waals surface area contributed by atoms with Crippen LogP contribution in [-0.4, -0.2) is 27.6 Å². The normalized spacial score (nSPS) is 16.5. The summed E-state index contributed by atoms with van der Waals surface area (Å²) >= 11 is 0. The summed E-state index contributed by atoms with van der Waals surface area (Å²) in [5.74, 6) is 0.105. The summed E-state index contributed by atoms with van der Waals surface area (Å²) in [6.07, 6.45) is 1.60. The average Bonchev–Trinajstić information content (AvgIpc) is 2.68. The van der Waals surface area contributed by atoms with Crippen LogP contribution >= 0.6 is 0 Å². The first-order valence-electron chi connectivity index (χ1n) is 8.93. The van der Waals surface area contributed by atoms with Crippen molar-refractivity contribution in [2.24, 2.45) is 5.92 Å². The van der Waals surface area contributed by atoms with Crippen LogP contribution in [0.25, 0.3) is 11.1 Å². The van der Waals surface area contributed by atoms with E-state index in [9.17, 15) is 13.2 Å². The van der Waals surface area contributed by atoms with Crippen LogP contribution in [0.5, 0.6) is 5.75 Å². The van der Waals surface area contributed by atoms with Crippen LogP contribution in [0.4, 0.5) is 0 Å². The Hall–Kier alpha value is -2.48. The molecular weight excluding hydrogens is 380 g/mol. The number of hydrogen-bond donors (Lipinski definition) is 0. The molecule has 0 aliphatic carbocycles. The maximum atomic E-state index is 11.5. The maximum Gasteiger partial charge on any atom is 0.399 e. The first kappa shape index (κ1) is 20.3. The summed E-state index contributed by atoms with van der Waals surface area (Å²) < 4.78 is 36.7. The van der Waals surface area contributed by atoms with Gasteiger partial charge in [-0.3, -0.25) is 0 Å². The van der Waals surface area contributed by atoms with E-state index in [0.717, 1.165) is 29.5 Å². The molecule has 0 N–H and O–H groups in total. The third-order valence-corrected chi connectivity index (χ3v) is 5.29. The highest BCUT2D eigenvalue weighted by molar-refractivity contribution is 7.81. The highest BCUT2D eigenvalue weighted by atomic mass is 32.3. The van der Waals surface area contributed by atoms with Gasteiger partial charge in [-0.15, -0.1) is 0 Å². The predicted octanol–water partition coefficient (Wildman–Crippen LogP) is 3.68. The highest BCUT2D eigenvalue weighted by Crippen LogP contribution is 2.24. The van der Waals surface area contributed by atoms with Crippen molar-refractivity contribution in [3.05, 3.63) is 66.2 Å². The molecule has 1 aliphatic rings. The zero-order valence-corrected chi connectivity index (χ0v) is 16.4. The number of rotatable bonds is 6. The molecule has 6 nitrogen and oxygen atoms in total. The van der Waals surface area contributed by atoms with Crippen molar-refractivity contribution >= 4 is 16.4 Å². The summed E-state index contributed by atoms with van der Waals surface area (Å²) in [5, 5.41) is 0. The number of ether oxygens (including phenoxy) is 1. The smallest absolute Gasteiger partial charge is 0.399 e. The van der Waals surface area contributed by atoms with Gasteiger partial charge in [0.25, 0.3) is 0 Å². The van der Waals surface area contributed by atoms with Gasteiger partial charge in [-0.05, 0) is 48.6 Å². The molecule has 28 heavy (non-hydrogen) atoms. The molecule has 0 spiro atoms. The molecule has 0 amide bonds. The Morgan fingerprint density at radius 1 is 1.04 bits per heavy atom. The van der Waals surface area contributed by atoms with Crippen molar-refractivity contribution in [3.8, 4) is 16.9 Å². The van der Waals surface area contributed by atoms with Gasteiger partial charge in [0.2, 0.25) is 0 Å². The Morgan fingerprint density at radius 2 is 1.57 bits per heavy atom. The van der Waals surface area contributed by atoms with Crippen molar-refractivity contribution in [1.82, 2.24) is 0 Å². The molecule has 0 bridgehead atoms.